The van der Waals surface area contributed by atoms with E-state index in [9.17, 15) is 0 Å². The summed E-state index contributed by atoms with van der Waals surface area (Å²) in [6.07, 6.45) is 3.92. The molecule has 1 aromatic carbocycles. The van der Waals surface area contributed by atoms with Crippen molar-refractivity contribution < 1.29 is 14.2 Å². The Hall–Kier alpha value is -1.42. The van der Waals surface area contributed by atoms with Crippen molar-refractivity contribution in [1.29, 1.82) is 0 Å². The number of benzene rings is 1. The average molecular weight is 265 g/mol. The smallest absolute Gasteiger partial charge is 0.231 e. The van der Waals surface area contributed by atoms with Crippen molar-refractivity contribution in [3.8, 4) is 17.2 Å². The number of hydrogen-bond donors (Lipinski definition) is 1. The van der Waals surface area contributed by atoms with Crippen molar-refractivity contribution in [3.63, 3.8) is 0 Å². The van der Waals surface area contributed by atoms with E-state index in [-0.39, 0.29) is 12.8 Å². The van der Waals surface area contributed by atoms with Crippen LogP contribution in [0.5, 0.6) is 17.2 Å². The van der Waals surface area contributed by atoms with Gasteiger partial charge in [-0.05, 0) is 30.9 Å². The third-order valence-corrected chi connectivity index (χ3v) is 3.32. The molecule has 1 aliphatic rings. The number of nitrogens with two attached hydrogens (primary N) is 1. The molecule has 0 spiro atoms. The lowest BCUT2D eigenvalue weighted by Crippen LogP contribution is -2.21. The minimum atomic E-state index is 0.147. The normalized spacial score (nSPS) is 14.5. The Morgan fingerprint density at radius 1 is 1.26 bits per heavy atom. The van der Waals surface area contributed by atoms with Crippen LogP contribution >= 0.6 is 0 Å². The van der Waals surface area contributed by atoms with E-state index in [1.54, 1.807) is 0 Å². The quantitative estimate of drug-likeness (QED) is 0.770. The summed E-state index contributed by atoms with van der Waals surface area (Å²) >= 11 is 0. The molecule has 1 heterocycles. The van der Waals surface area contributed by atoms with Gasteiger partial charge in [-0.25, -0.2) is 0 Å². The van der Waals surface area contributed by atoms with Crippen LogP contribution in [0.15, 0.2) is 12.1 Å². The van der Waals surface area contributed by atoms with Gasteiger partial charge in [0.15, 0.2) is 11.5 Å². The van der Waals surface area contributed by atoms with E-state index in [0.29, 0.717) is 0 Å². The van der Waals surface area contributed by atoms with Crippen molar-refractivity contribution >= 4 is 0 Å². The zero-order valence-corrected chi connectivity index (χ0v) is 11.8. The third kappa shape index (κ3) is 3.53. The van der Waals surface area contributed by atoms with E-state index in [1.807, 2.05) is 12.1 Å². The second kappa shape index (κ2) is 6.66. The maximum absolute atomic E-state index is 6.05. The summed E-state index contributed by atoms with van der Waals surface area (Å²) in [6, 6.07) is 4.07. The van der Waals surface area contributed by atoms with E-state index in [0.717, 1.165) is 55.1 Å². The fourth-order valence-electron chi connectivity index (χ4n) is 2.01. The molecule has 1 aliphatic heterocycles. The Labute approximate surface area is 114 Å². The highest BCUT2D eigenvalue weighted by Gasteiger charge is 2.19. The van der Waals surface area contributed by atoms with E-state index >= 15 is 0 Å². The molecule has 2 N–H and O–H groups in total. The van der Waals surface area contributed by atoms with E-state index in [2.05, 4.69) is 13.8 Å². The molecular formula is C15H23NO3. The Bertz CT molecular complexity index is 420. The molecule has 4 heteroatoms. The van der Waals surface area contributed by atoms with Gasteiger partial charge >= 0.3 is 0 Å². The number of ether oxygens (including phenoxy) is 3. The summed E-state index contributed by atoms with van der Waals surface area (Å²) in [7, 11) is 0. The lowest BCUT2D eigenvalue weighted by atomic mass is 10.0. The number of hydrogen-bond acceptors (Lipinski definition) is 4. The van der Waals surface area contributed by atoms with Crippen LogP contribution in [0.2, 0.25) is 0 Å². The van der Waals surface area contributed by atoms with Crippen LogP contribution in [-0.4, -0.2) is 19.4 Å². The van der Waals surface area contributed by atoms with Crippen LogP contribution in [0, 0.1) is 0 Å². The summed E-state index contributed by atoms with van der Waals surface area (Å²) in [5.74, 6) is 2.43. The standard InChI is InChI=1S/C15H23NO3/c1-3-5-6-17-13-9-15-14(18-10-19-15)8-11(13)7-12(16)4-2/h8-9,12H,3-7,10,16H2,1-2H3. The molecule has 0 aromatic heterocycles. The predicted octanol–water partition coefficient (Wildman–Crippen LogP) is 2.87. The van der Waals surface area contributed by atoms with E-state index in [1.165, 1.54) is 0 Å². The number of rotatable bonds is 7. The molecular weight excluding hydrogens is 242 g/mol. The molecule has 1 aromatic rings. The van der Waals surface area contributed by atoms with Crippen molar-refractivity contribution in [3.05, 3.63) is 17.7 Å². The number of unbranched alkanes of at least 4 members (excludes halogenated alkanes) is 1. The second-order valence-corrected chi connectivity index (χ2v) is 4.89. The molecule has 0 bridgehead atoms. The topological polar surface area (TPSA) is 53.7 Å². The fourth-order valence-corrected chi connectivity index (χ4v) is 2.01. The molecule has 0 saturated heterocycles. The minimum Gasteiger partial charge on any atom is -0.493 e. The number of fused-ring (bicyclic) bond motifs is 1. The van der Waals surface area contributed by atoms with E-state index < -0.39 is 0 Å². The van der Waals surface area contributed by atoms with Crippen LogP contribution < -0.4 is 19.9 Å². The molecule has 0 radical (unpaired) electrons. The van der Waals surface area contributed by atoms with Crippen molar-refractivity contribution in [2.45, 2.75) is 45.6 Å². The van der Waals surface area contributed by atoms with Gasteiger partial charge in [0.05, 0.1) is 6.61 Å². The minimum absolute atomic E-state index is 0.147. The molecule has 2 rings (SSSR count). The molecule has 0 amide bonds. The van der Waals surface area contributed by atoms with Gasteiger partial charge in [-0.1, -0.05) is 20.3 Å². The van der Waals surface area contributed by atoms with Crippen LogP contribution in [-0.2, 0) is 6.42 Å². The molecule has 0 fully saturated rings. The third-order valence-electron chi connectivity index (χ3n) is 3.32. The summed E-state index contributed by atoms with van der Waals surface area (Å²) in [5, 5.41) is 0. The van der Waals surface area contributed by atoms with Crippen LogP contribution in [0.1, 0.15) is 38.7 Å². The first-order valence-electron chi connectivity index (χ1n) is 7.05. The van der Waals surface area contributed by atoms with Crippen molar-refractivity contribution in [2.24, 2.45) is 5.73 Å². The molecule has 106 valence electrons. The van der Waals surface area contributed by atoms with Gasteiger partial charge in [0.2, 0.25) is 6.79 Å². The first kappa shape index (κ1) is 14.0. The summed E-state index contributed by atoms with van der Waals surface area (Å²) < 4.78 is 16.7. The Morgan fingerprint density at radius 2 is 2.00 bits per heavy atom. The van der Waals surface area contributed by atoms with Crippen LogP contribution in [0.4, 0.5) is 0 Å². The SMILES string of the molecule is CCCCOc1cc2c(cc1CC(N)CC)OCO2. The molecule has 4 nitrogen and oxygen atoms in total. The maximum Gasteiger partial charge on any atom is 0.231 e. The van der Waals surface area contributed by atoms with Crippen molar-refractivity contribution in [1.82, 2.24) is 0 Å². The first-order chi connectivity index (χ1) is 9.24. The van der Waals surface area contributed by atoms with Gasteiger partial charge in [-0.2, -0.15) is 0 Å². The van der Waals surface area contributed by atoms with Gasteiger partial charge in [-0.15, -0.1) is 0 Å². The van der Waals surface area contributed by atoms with Gasteiger partial charge in [0.1, 0.15) is 5.75 Å². The maximum atomic E-state index is 6.05. The molecule has 19 heavy (non-hydrogen) atoms. The molecule has 1 unspecified atom stereocenters. The molecule has 0 saturated carbocycles. The van der Waals surface area contributed by atoms with Crippen LogP contribution in [0.3, 0.4) is 0 Å². The van der Waals surface area contributed by atoms with Gasteiger partial charge < -0.3 is 19.9 Å². The Kier molecular flexibility index (Phi) is 4.91. The second-order valence-electron chi connectivity index (χ2n) is 4.89. The predicted molar refractivity (Wildman–Crippen MR) is 74.9 cm³/mol. The lowest BCUT2D eigenvalue weighted by molar-refractivity contribution is 0.173. The van der Waals surface area contributed by atoms with Gasteiger partial charge in [0.25, 0.3) is 0 Å². The zero-order chi connectivity index (χ0) is 13.7. The molecule has 1 atom stereocenters. The largest absolute Gasteiger partial charge is 0.493 e. The summed E-state index contributed by atoms with van der Waals surface area (Å²) in [6.45, 7) is 5.25. The monoisotopic (exact) mass is 265 g/mol. The lowest BCUT2D eigenvalue weighted by Gasteiger charge is -2.15. The van der Waals surface area contributed by atoms with E-state index in [4.69, 9.17) is 19.9 Å². The Morgan fingerprint density at radius 3 is 2.68 bits per heavy atom. The highest BCUT2D eigenvalue weighted by Crippen LogP contribution is 2.38. The van der Waals surface area contributed by atoms with Crippen molar-refractivity contribution in [2.75, 3.05) is 13.4 Å². The first-order valence-corrected chi connectivity index (χ1v) is 7.05. The average Bonchev–Trinajstić information content (AvgIpc) is 2.86. The fraction of sp³-hybridized carbons (Fsp3) is 0.600. The zero-order valence-electron chi connectivity index (χ0n) is 11.8. The highest BCUT2D eigenvalue weighted by molar-refractivity contribution is 5.52. The highest BCUT2D eigenvalue weighted by atomic mass is 16.7. The van der Waals surface area contributed by atoms with Gasteiger partial charge in [0, 0.05) is 12.1 Å². The summed E-state index contributed by atoms with van der Waals surface area (Å²) in [5.41, 5.74) is 7.15. The summed E-state index contributed by atoms with van der Waals surface area (Å²) in [4.78, 5) is 0. The van der Waals surface area contributed by atoms with Gasteiger partial charge in [-0.3, -0.25) is 0 Å². The Balaban J connectivity index is 2.16. The molecule has 0 aliphatic carbocycles. The van der Waals surface area contributed by atoms with Crippen LogP contribution in [0.25, 0.3) is 0 Å².